The van der Waals surface area contributed by atoms with Gasteiger partial charge in [0.25, 0.3) is 0 Å². The summed E-state index contributed by atoms with van der Waals surface area (Å²) in [6, 6.07) is 0. The van der Waals surface area contributed by atoms with Crippen molar-refractivity contribution >= 4 is 17.3 Å². The van der Waals surface area contributed by atoms with E-state index in [2.05, 4.69) is 0 Å². The Morgan fingerprint density at radius 2 is 1.06 bits per heavy atom. The Hall–Kier alpha value is -1.77. The second-order valence-electron chi connectivity index (χ2n) is 4.88. The molecule has 0 aliphatic rings. The van der Waals surface area contributed by atoms with Gasteiger partial charge in [0, 0.05) is 0 Å². The van der Waals surface area contributed by atoms with E-state index in [0.29, 0.717) is 5.57 Å². The minimum Gasteiger partial charge on any atom is -0.289 e. The van der Waals surface area contributed by atoms with E-state index in [1.807, 2.05) is 0 Å². The highest BCUT2D eigenvalue weighted by Gasteiger charge is 2.23. The van der Waals surface area contributed by atoms with Crippen LogP contribution in [0.3, 0.4) is 0 Å². The maximum absolute atomic E-state index is 11.9. The molecule has 0 unspecified atom stereocenters. The van der Waals surface area contributed by atoms with Crippen LogP contribution in [0.2, 0.25) is 0 Å². The molecule has 0 heterocycles. The summed E-state index contributed by atoms with van der Waals surface area (Å²) in [5.41, 5.74) is 2.05. The van der Waals surface area contributed by atoms with Crippen LogP contribution in [0.5, 0.6) is 0 Å². The van der Waals surface area contributed by atoms with E-state index in [4.69, 9.17) is 0 Å². The van der Waals surface area contributed by atoms with E-state index in [-0.39, 0.29) is 5.57 Å². The molecule has 0 spiro atoms. The van der Waals surface area contributed by atoms with Crippen molar-refractivity contribution in [3.05, 3.63) is 34.4 Å². The minimum atomic E-state index is -0.737. The predicted molar refractivity (Wildman–Crippen MR) is 72.3 cm³/mol. The number of hydrogen-bond donors (Lipinski definition) is 0. The maximum atomic E-state index is 11.9. The van der Waals surface area contributed by atoms with Gasteiger partial charge < -0.3 is 0 Å². The van der Waals surface area contributed by atoms with Gasteiger partial charge in [-0.1, -0.05) is 16.7 Å². The van der Waals surface area contributed by atoms with Crippen LogP contribution in [-0.4, -0.2) is 17.3 Å². The fourth-order valence-electron chi connectivity index (χ4n) is 1.37. The molecule has 0 N–H and O–H groups in total. The molecule has 0 aromatic carbocycles. The molecule has 3 heteroatoms. The SMILES string of the molecule is CC(C)=CC(=O)C(=O)C(C(=O)C=C(C)C)=C(C)C. The fourth-order valence-corrected chi connectivity index (χ4v) is 1.37. The highest BCUT2D eigenvalue weighted by Crippen LogP contribution is 2.10. The first kappa shape index (κ1) is 16.2. The molecule has 0 aliphatic heterocycles. The van der Waals surface area contributed by atoms with Crippen LogP contribution in [0.4, 0.5) is 0 Å². The lowest BCUT2D eigenvalue weighted by atomic mass is 9.97. The molecule has 0 aromatic rings. The molecule has 0 fully saturated rings. The largest absolute Gasteiger partial charge is 0.289 e. The van der Waals surface area contributed by atoms with Gasteiger partial charge in [0.05, 0.1) is 5.57 Å². The predicted octanol–water partition coefficient (Wildman–Crippen LogP) is 2.96. The third-order valence-electron chi connectivity index (χ3n) is 2.04. The minimum absolute atomic E-state index is 0.0290. The summed E-state index contributed by atoms with van der Waals surface area (Å²) >= 11 is 0. The molecule has 0 radical (unpaired) electrons. The van der Waals surface area contributed by atoms with Crippen molar-refractivity contribution in [1.29, 1.82) is 0 Å². The van der Waals surface area contributed by atoms with Crippen molar-refractivity contribution < 1.29 is 14.4 Å². The Balaban J connectivity index is 5.45. The molecule has 0 bridgehead atoms. The smallest absolute Gasteiger partial charge is 0.236 e. The lowest BCUT2D eigenvalue weighted by Gasteiger charge is -2.04. The Bertz CT molecular complexity index is 462. The summed E-state index contributed by atoms with van der Waals surface area (Å²) in [6.07, 6.45) is 2.62. The molecule has 18 heavy (non-hydrogen) atoms. The Morgan fingerprint density at radius 3 is 1.39 bits per heavy atom. The number of allylic oxidation sites excluding steroid dienone is 6. The molecule has 0 amide bonds. The van der Waals surface area contributed by atoms with Gasteiger partial charge in [-0.15, -0.1) is 0 Å². The highest BCUT2D eigenvalue weighted by atomic mass is 16.2. The molecule has 3 nitrogen and oxygen atoms in total. The first-order valence-electron chi connectivity index (χ1n) is 5.77. The summed E-state index contributed by atoms with van der Waals surface area (Å²) < 4.78 is 0. The summed E-state index contributed by atoms with van der Waals surface area (Å²) in [5, 5.41) is 0. The average Bonchev–Trinajstić information content (AvgIpc) is 2.14. The lowest BCUT2D eigenvalue weighted by molar-refractivity contribution is -0.132. The standard InChI is InChI=1S/C15H20O3/c1-9(2)7-12(16)14(11(5)6)15(18)13(17)8-10(3)4/h7-8H,1-6H3. The van der Waals surface area contributed by atoms with Crippen LogP contribution < -0.4 is 0 Å². The van der Waals surface area contributed by atoms with E-state index in [9.17, 15) is 14.4 Å². The third kappa shape index (κ3) is 5.04. The molecule has 0 saturated heterocycles. The van der Waals surface area contributed by atoms with Crippen molar-refractivity contribution in [3.8, 4) is 0 Å². The number of carbonyl (C=O) groups excluding carboxylic acids is 3. The third-order valence-corrected chi connectivity index (χ3v) is 2.04. The van der Waals surface area contributed by atoms with Gasteiger partial charge in [-0.05, 0) is 53.7 Å². The molecule has 0 aliphatic carbocycles. The number of rotatable bonds is 5. The monoisotopic (exact) mass is 248 g/mol. The number of ketones is 3. The molecule has 98 valence electrons. The van der Waals surface area contributed by atoms with Gasteiger partial charge in [-0.3, -0.25) is 14.4 Å². The van der Waals surface area contributed by atoms with Crippen molar-refractivity contribution in [3.63, 3.8) is 0 Å². The topological polar surface area (TPSA) is 51.2 Å². The van der Waals surface area contributed by atoms with Crippen molar-refractivity contribution in [2.75, 3.05) is 0 Å². The van der Waals surface area contributed by atoms with Crippen LogP contribution in [0.25, 0.3) is 0 Å². The molecular formula is C15H20O3. The normalized spacial score (nSPS) is 9.22. The maximum Gasteiger partial charge on any atom is 0.236 e. The average molecular weight is 248 g/mol. The van der Waals surface area contributed by atoms with Gasteiger partial charge in [0.1, 0.15) is 0 Å². The van der Waals surface area contributed by atoms with E-state index in [1.165, 1.54) is 12.2 Å². The van der Waals surface area contributed by atoms with Crippen LogP contribution in [0.15, 0.2) is 34.4 Å². The quantitative estimate of drug-likeness (QED) is 0.325. The molecule has 0 aromatic heterocycles. The van der Waals surface area contributed by atoms with E-state index in [1.54, 1.807) is 41.5 Å². The lowest BCUT2D eigenvalue weighted by Crippen LogP contribution is -2.20. The highest BCUT2D eigenvalue weighted by molar-refractivity contribution is 6.53. The molecular weight excluding hydrogens is 228 g/mol. The molecule has 0 saturated carbocycles. The van der Waals surface area contributed by atoms with Crippen LogP contribution in [-0.2, 0) is 14.4 Å². The number of Topliss-reactive ketones (excluding diaryl/α,β-unsaturated/α-hetero) is 1. The summed E-state index contributed by atoms with van der Waals surface area (Å²) in [4.78, 5) is 35.5. The Kier molecular flexibility index (Phi) is 6.17. The van der Waals surface area contributed by atoms with Gasteiger partial charge in [0.15, 0.2) is 5.78 Å². The second-order valence-corrected chi connectivity index (χ2v) is 4.88. The number of hydrogen-bond acceptors (Lipinski definition) is 3. The van der Waals surface area contributed by atoms with Gasteiger partial charge in [0.2, 0.25) is 11.6 Å². The Labute approximate surface area is 108 Å². The zero-order valence-corrected chi connectivity index (χ0v) is 11.9. The summed E-state index contributed by atoms with van der Waals surface area (Å²) in [5.74, 6) is -1.80. The van der Waals surface area contributed by atoms with Gasteiger partial charge in [-0.2, -0.15) is 0 Å². The summed E-state index contributed by atoms with van der Waals surface area (Å²) in [7, 11) is 0. The van der Waals surface area contributed by atoms with Crippen LogP contribution in [0, 0.1) is 0 Å². The van der Waals surface area contributed by atoms with Crippen molar-refractivity contribution in [1.82, 2.24) is 0 Å². The number of carbonyl (C=O) groups is 3. The molecule has 0 rings (SSSR count). The van der Waals surface area contributed by atoms with E-state index < -0.39 is 17.3 Å². The van der Waals surface area contributed by atoms with Crippen molar-refractivity contribution in [2.24, 2.45) is 0 Å². The zero-order chi connectivity index (χ0) is 14.5. The van der Waals surface area contributed by atoms with Gasteiger partial charge in [-0.25, -0.2) is 0 Å². The fraction of sp³-hybridized carbons (Fsp3) is 0.400. The van der Waals surface area contributed by atoms with Crippen LogP contribution in [0.1, 0.15) is 41.5 Å². The first-order valence-corrected chi connectivity index (χ1v) is 5.77. The van der Waals surface area contributed by atoms with Gasteiger partial charge >= 0.3 is 0 Å². The molecule has 0 atom stereocenters. The van der Waals surface area contributed by atoms with Crippen LogP contribution >= 0.6 is 0 Å². The second kappa shape index (κ2) is 6.84. The first-order chi connectivity index (χ1) is 8.16. The van der Waals surface area contributed by atoms with E-state index >= 15 is 0 Å². The Morgan fingerprint density at radius 1 is 0.667 bits per heavy atom. The zero-order valence-electron chi connectivity index (χ0n) is 11.9. The summed E-state index contributed by atoms with van der Waals surface area (Å²) in [6.45, 7) is 10.3. The van der Waals surface area contributed by atoms with Crippen molar-refractivity contribution in [2.45, 2.75) is 41.5 Å². The van der Waals surface area contributed by atoms with E-state index in [0.717, 1.165) is 11.1 Å².